The Bertz CT molecular complexity index is 1030. The van der Waals surface area contributed by atoms with Crippen molar-refractivity contribution >= 4 is 11.7 Å². The molecular weight excluding hydrogens is 392 g/mol. The molecule has 0 spiro atoms. The lowest BCUT2D eigenvalue weighted by Crippen LogP contribution is -2.50. The van der Waals surface area contributed by atoms with Crippen LogP contribution in [0, 0.1) is 13.8 Å². The molecule has 7 nitrogen and oxygen atoms in total. The second kappa shape index (κ2) is 9.32. The van der Waals surface area contributed by atoms with Crippen molar-refractivity contribution in [2.24, 2.45) is 0 Å². The molecule has 1 fully saturated rings. The summed E-state index contributed by atoms with van der Waals surface area (Å²) in [5.74, 6) is 0. The van der Waals surface area contributed by atoms with Gasteiger partial charge in [-0.2, -0.15) is 5.10 Å². The second-order valence-corrected chi connectivity index (χ2v) is 7.98. The van der Waals surface area contributed by atoms with Crippen molar-refractivity contribution in [3.8, 4) is 5.69 Å². The molecule has 2 N–H and O–H groups in total. The number of nitrogens with zero attached hydrogens (tertiary/aromatic N) is 3. The average Bonchev–Trinajstić information content (AvgIpc) is 3.22. The fraction of sp³-hybridized carbons (Fsp3) is 0.333. The summed E-state index contributed by atoms with van der Waals surface area (Å²) in [6.45, 7) is 5.45. The van der Waals surface area contributed by atoms with Crippen LogP contribution in [0.5, 0.6) is 0 Å². The molecule has 2 heterocycles. The van der Waals surface area contributed by atoms with Crippen LogP contribution in [-0.2, 0) is 4.74 Å². The van der Waals surface area contributed by atoms with Crippen molar-refractivity contribution in [2.75, 3.05) is 25.1 Å². The first kappa shape index (κ1) is 21.1. The highest BCUT2D eigenvalue weighted by molar-refractivity contribution is 5.89. The van der Waals surface area contributed by atoms with E-state index in [1.165, 1.54) is 5.56 Å². The Morgan fingerprint density at radius 1 is 1.26 bits per heavy atom. The summed E-state index contributed by atoms with van der Waals surface area (Å²) >= 11 is 0. The van der Waals surface area contributed by atoms with Crippen LogP contribution in [0.15, 0.2) is 60.9 Å². The molecule has 2 unspecified atom stereocenters. The third-order valence-electron chi connectivity index (χ3n) is 5.60. The van der Waals surface area contributed by atoms with E-state index in [1.54, 1.807) is 15.8 Å². The number of carbonyl (C=O) groups excluding carboxylic acids is 1. The molecule has 1 aromatic heterocycles. The van der Waals surface area contributed by atoms with Gasteiger partial charge in [0.25, 0.3) is 0 Å². The number of ether oxygens (including phenoxy) is 1. The second-order valence-electron chi connectivity index (χ2n) is 7.98. The minimum absolute atomic E-state index is 0.210. The van der Waals surface area contributed by atoms with Crippen molar-refractivity contribution in [2.45, 2.75) is 32.4 Å². The third-order valence-corrected chi connectivity index (χ3v) is 5.60. The number of morpholine rings is 1. The van der Waals surface area contributed by atoms with Gasteiger partial charge in [-0.25, -0.2) is 9.48 Å². The topological polar surface area (TPSA) is 79.6 Å². The molecular formula is C24H28N4O3. The van der Waals surface area contributed by atoms with Gasteiger partial charge in [0.1, 0.15) is 0 Å². The molecule has 162 valence electrons. The van der Waals surface area contributed by atoms with Gasteiger partial charge < -0.3 is 20.1 Å². The molecule has 2 amide bonds. The summed E-state index contributed by atoms with van der Waals surface area (Å²) in [7, 11) is 0. The first-order valence-corrected chi connectivity index (χ1v) is 10.5. The van der Waals surface area contributed by atoms with Crippen molar-refractivity contribution in [3.63, 3.8) is 0 Å². The predicted octanol–water partition coefficient (Wildman–Crippen LogP) is 3.85. The van der Waals surface area contributed by atoms with Crippen molar-refractivity contribution in [3.05, 3.63) is 77.6 Å². The van der Waals surface area contributed by atoms with E-state index in [2.05, 4.69) is 23.4 Å². The molecule has 1 aliphatic rings. The SMILES string of the molecule is Cc1ccc(-n2cc(NC(=O)N3CCOCC3CC(O)c3ccccc3)cn2)c(C)c1. The van der Waals surface area contributed by atoms with E-state index in [9.17, 15) is 9.90 Å². The fourth-order valence-corrected chi connectivity index (χ4v) is 3.96. The van der Waals surface area contributed by atoms with E-state index < -0.39 is 6.10 Å². The normalized spacial score (nSPS) is 17.4. The number of aliphatic hydroxyl groups excluding tert-OH is 1. The number of aryl methyl sites for hydroxylation is 2. The van der Waals surface area contributed by atoms with E-state index in [1.807, 2.05) is 55.6 Å². The number of amides is 2. The lowest BCUT2D eigenvalue weighted by molar-refractivity contribution is -0.00427. The maximum atomic E-state index is 13.0. The lowest BCUT2D eigenvalue weighted by atomic mass is 10.0. The monoisotopic (exact) mass is 420 g/mol. The maximum absolute atomic E-state index is 13.0. The van der Waals surface area contributed by atoms with E-state index in [0.29, 0.717) is 31.9 Å². The van der Waals surface area contributed by atoms with Gasteiger partial charge in [-0.05, 0) is 31.0 Å². The Balaban J connectivity index is 1.43. The van der Waals surface area contributed by atoms with Gasteiger partial charge in [0.2, 0.25) is 0 Å². The minimum Gasteiger partial charge on any atom is -0.388 e. The third kappa shape index (κ3) is 4.95. The van der Waals surface area contributed by atoms with Crippen LogP contribution in [0.1, 0.15) is 29.2 Å². The van der Waals surface area contributed by atoms with E-state index in [4.69, 9.17) is 4.74 Å². The smallest absolute Gasteiger partial charge is 0.322 e. The van der Waals surface area contributed by atoms with Crippen LogP contribution >= 0.6 is 0 Å². The first-order chi connectivity index (χ1) is 15.0. The van der Waals surface area contributed by atoms with Crippen LogP contribution in [0.3, 0.4) is 0 Å². The molecule has 0 saturated carbocycles. The largest absolute Gasteiger partial charge is 0.388 e. The molecule has 0 aliphatic carbocycles. The van der Waals surface area contributed by atoms with Gasteiger partial charge in [-0.15, -0.1) is 0 Å². The Morgan fingerprint density at radius 2 is 2.06 bits per heavy atom. The van der Waals surface area contributed by atoms with Crippen LogP contribution in [-0.4, -0.2) is 51.6 Å². The van der Waals surface area contributed by atoms with E-state index in [-0.39, 0.29) is 12.1 Å². The summed E-state index contributed by atoms with van der Waals surface area (Å²) in [6.07, 6.45) is 3.21. The molecule has 2 aromatic carbocycles. The number of hydrogen-bond acceptors (Lipinski definition) is 4. The number of nitrogens with one attached hydrogen (secondary N) is 1. The van der Waals surface area contributed by atoms with Crippen LogP contribution in [0.2, 0.25) is 0 Å². The molecule has 0 bridgehead atoms. The average molecular weight is 421 g/mol. The highest BCUT2D eigenvalue weighted by atomic mass is 16.5. The Kier molecular flexibility index (Phi) is 6.34. The molecule has 31 heavy (non-hydrogen) atoms. The summed E-state index contributed by atoms with van der Waals surface area (Å²) in [4.78, 5) is 14.7. The number of carbonyl (C=O) groups is 1. The number of benzene rings is 2. The van der Waals surface area contributed by atoms with Crippen molar-refractivity contribution in [1.82, 2.24) is 14.7 Å². The zero-order chi connectivity index (χ0) is 21.8. The number of rotatable bonds is 5. The van der Waals surface area contributed by atoms with Crippen LogP contribution < -0.4 is 5.32 Å². The van der Waals surface area contributed by atoms with Gasteiger partial charge in [0.05, 0.1) is 49.1 Å². The fourth-order valence-electron chi connectivity index (χ4n) is 3.96. The van der Waals surface area contributed by atoms with Gasteiger partial charge in [-0.1, -0.05) is 48.0 Å². The van der Waals surface area contributed by atoms with Crippen LogP contribution in [0.4, 0.5) is 10.5 Å². The van der Waals surface area contributed by atoms with E-state index >= 15 is 0 Å². The first-order valence-electron chi connectivity index (χ1n) is 10.5. The zero-order valence-electron chi connectivity index (χ0n) is 17.9. The number of aromatic nitrogens is 2. The molecule has 0 radical (unpaired) electrons. The van der Waals surface area contributed by atoms with Gasteiger partial charge in [0.15, 0.2) is 0 Å². The molecule has 3 aromatic rings. The number of aliphatic hydroxyl groups is 1. The number of anilines is 1. The standard InChI is InChI=1S/C24H28N4O3/c1-17-8-9-22(18(2)12-17)28-15-20(14-25-28)26-24(30)27-10-11-31-16-21(27)13-23(29)19-6-4-3-5-7-19/h3-9,12,14-15,21,23,29H,10-11,13,16H2,1-2H3,(H,26,30). The molecule has 1 aliphatic heterocycles. The maximum Gasteiger partial charge on any atom is 0.322 e. The number of urea groups is 1. The summed E-state index contributed by atoms with van der Waals surface area (Å²) < 4.78 is 7.35. The minimum atomic E-state index is -0.657. The Hall–Kier alpha value is -3.16. The lowest BCUT2D eigenvalue weighted by Gasteiger charge is -2.36. The molecule has 4 rings (SSSR count). The number of hydrogen-bond donors (Lipinski definition) is 2. The predicted molar refractivity (Wildman–Crippen MR) is 119 cm³/mol. The molecule has 2 atom stereocenters. The van der Waals surface area contributed by atoms with E-state index in [0.717, 1.165) is 16.8 Å². The molecule has 7 heteroatoms. The summed E-state index contributed by atoms with van der Waals surface area (Å²) in [6, 6.07) is 15.2. The van der Waals surface area contributed by atoms with Crippen molar-refractivity contribution in [1.29, 1.82) is 0 Å². The highest BCUT2D eigenvalue weighted by Crippen LogP contribution is 2.23. The highest BCUT2D eigenvalue weighted by Gasteiger charge is 2.30. The quantitative estimate of drug-likeness (QED) is 0.657. The zero-order valence-corrected chi connectivity index (χ0v) is 17.9. The Morgan fingerprint density at radius 3 is 2.84 bits per heavy atom. The Labute approximate surface area is 182 Å². The van der Waals surface area contributed by atoms with Crippen LogP contribution in [0.25, 0.3) is 5.69 Å². The van der Waals surface area contributed by atoms with Crippen molar-refractivity contribution < 1.29 is 14.6 Å². The van der Waals surface area contributed by atoms with Gasteiger partial charge in [-0.3, -0.25) is 0 Å². The van der Waals surface area contributed by atoms with Gasteiger partial charge >= 0.3 is 6.03 Å². The summed E-state index contributed by atoms with van der Waals surface area (Å²) in [5, 5.41) is 18.0. The molecule has 1 saturated heterocycles. The summed E-state index contributed by atoms with van der Waals surface area (Å²) in [5.41, 5.74) is 4.74. The van der Waals surface area contributed by atoms with Gasteiger partial charge in [0, 0.05) is 13.0 Å².